The van der Waals surface area contributed by atoms with Crippen molar-refractivity contribution in [2.24, 2.45) is 7.05 Å². The number of benzene rings is 1. The van der Waals surface area contributed by atoms with Gasteiger partial charge in [0.15, 0.2) is 0 Å². The highest BCUT2D eigenvalue weighted by Crippen LogP contribution is 2.26. The quantitative estimate of drug-likeness (QED) is 0.800. The molecule has 0 radical (unpaired) electrons. The van der Waals surface area contributed by atoms with E-state index in [4.69, 9.17) is 0 Å². The predicted molar refractivity (Wildman–Crippen MR) is 77.5 cm³/mol. The van der Waals surface area contributed by atoms with Gasteiger partial charge in [-0.3, -0.25) is 4.68 Å². The summed E-state index contributed by atoms with van der Waals surface area (Å²) in [4.78, 5) is 11.5. The molecule has 0 bridgehead atoms. The molecule has 0 spiro atoms. The topological polar surface area (TPSA) is 72.9 Å². The summed E-state index contributed by atoms with van der Waals surface area (Å²) in [5.74, 6) is -1.00. The summed E-state index contributed by atoms with van der Waals surface area (Å²) in [5.41, 5.74) is 2.88. The van der Waals surface area contributed by atoms with Crippen molar-refractivity contribution in [1.29, 1.82) is 0 Å². The zero-order chi connectivity index (χ0) is 15.0. The van der Waals surface area contributed by atoms with Crippen molar-refractivity contribution >= 4 is 5.97 Å². The Bertz CT molecular complexity index is 802. The molecule has 3 rings (SSSR count). The van der Waals surface area contributed by atoms with Crippen LogP contribution in [0.1, 0.15) is 16.1 Å². The monoisotopic (exact) mass is 282 g/mol. The molecule has 6 nitrogen and oxygen atoms in total. The van der Waals surface area contributed by atoms with Gasteiger partial charge in [-0.1, -0.05) is 18.2 Å². The highest BCUT2D eigenvalue weighted by Gasteiger charge is 2.20. The molecule has 0 unspecified atom stereocenters. The standard InChI is InChI=1S/C15H14N4O2/c1-10-12(8-18(2)16-10)14-13(15(20)21)9-19(17-14)11-6-4-3-5-7-11/h3-9H,1-2H3,(H,20,21). The first-order chi connectivity index (χ1) is 10.1. The Kier molecular flexibility index (Phi) is 3.06. The van der Waals surface area contributed by atoms with Crippen LogP contribution in [0.3, 0.4) is 0 Å². The third kappa shape index (κ3) is 2.31. The van der Waals surface area contributed by atoms with E-state index in [1.165, 1.54) is 6.20 Å². The number of hydrogen-bond acceptors (Lipinski definition) is 3. The second-order valence-corrected chi connectivity index (χ2v) is 4.78. The van der Waals surface area contributed by atoms with Gasteiger partial charge in [0.1, 0.15) is 11.3 Å². The fourth-order valence-corrected chi connectivity index (χ4v) is 2.27. The number of hydrogen-bond donors (Lipinski definition) is 1. The first-order valence-electron chi connectivity index (χ1n) is 6.45. The maximum atomic E-state index is 11.5. The Hall–Kier alpha value is -2.89. The van der Waals surface area contributed by atoms with Crippen LogP contribution in [0.4, 0.5) is 0 Å². The van der Waals surface area contributed by atoms with E-state index in [0.717, 1.165) is 16.9 Å². The third-order valence-corrected chi connectivity index (χ3v) is 3.23. The third-order valence-electron chi connectivity index (χ3n) is 3.23. The van der Waals surface area contributed by atoms with Crippen molar-refractivity contribution in [1.82, 2.24) is 19.6 Å². The molecule has 0 amide bonds. The molecule has 0 fully saturated rings. The lowest BCUT2D eigenvalue weighted by molar-refractivity contribution is 0.0697. The highest BCUT2D eigenvalue weighted by atomic mass is 16.4. The number of rotatable bonds is 3. The van der Waals surface area contributed by atoms with Gasteiger partial charge in [-0.25, -0.2) is 9.48 Å². The van der Waals surface area contributed by atoms with Crippen LogP contribution in [-0.4, -0.2) is 30.6 Å². The van der Waals surface area contributed by atoms with E-state index < -0.39 is 5.97 Å². The minimum absolute atomic E-state index is 0.162. The highest BCUT2D eigenvalue weighted by molar-refractivity contribution is 5.95. The summed E-state index contributed by atoms with van der Waals surface area (Å²) in [7, 11) is 1.80. The Labute approximate surface area is 121 Å². The molecular weight excluding hydrogens is 268 g/mol. The van der Waals surface area contributed by atoms with Gasteiger partial charge in [-0.15, -0.1) is 0 Å². The molecule has 0 atom stereocenters. The van der Waals surface area contributed by atoms with E-state index in [2.05, 4.69) is 10.2 Å². The average Bonchev–Trinajstić information content (AvgIpc) is 3.03. The minimum Gasteiger partial charge on any atom is -0.478 e. The Balaban J connectivity index is 2.18. The largest absolute Gasteiger partial charge is 0.478 e. The Morgan fingerprint density at radius 1 is 1.14 bits per heavy atom. The summed E-state index contributed by atoms with van der Waals surface area (Å²) in [6, 6.07) is 9.41. The van der Waals surface area contributed by atoms with Crippen molar-refractivity contribution < 1.29 is 9.90 Å². The van der Waals surface area contributed by atoms with Gasteiger partial charge in [0.25, 0.3) is 0 Å². The van der Waals surface area contributed by atoms with Crippen molar-refractivity contribution in [3.05, 3.63) is 54.0 Å². The molecule has 0 saturated carbocycles. The number of aromatic carboxylic acids is 1. The van der Waals surface area contributed by atoms with Crippen molar-refractivity contribution in [3.8, 4) is 16.9 Å². The molecule has 2 aromatic heterocycles. The zero-order valence-corrected chi connectivity index (χ0v) is 11.7. The summed E-state index contributed by atoms with van der Waals surface area (Å²) >= 11 is 0. The number of aromatic nitrogens is 4. The van der Waals surface area contributed by atoms with Crippen LogP contribution in [0, 0.1) is 6.92 Å². The molecule has 2 heterocycles. The molecule has 1 N–H and O–H groups in total. The molecule has 0 saturated heterocycles. The minimum atomic E-state index is -1.00. The summed E-state index contributed by atoms with van der Waals surface area (Å²) in [5, 5.41) is 18.1. The van der Waals surface area contributed by atoms with Crippen molar-refractivity contribution in [3.63, 3.8) is 0 Å². The number of aryl methyl sites for hydroxylation is 2. The van der Waals surface area contributed by atoms with Crippen LogP contribution in [-0.2, 0) is 7.05 Å². The molecule has 0 aliphatic rings. The second kappa shape index (κ2) is 4.90. The fourth-order valence-electron chi connectivity index (χ4n) is 2.27. The van der Waals surface area contributed by atoms with E-state index >= 15 is 0 Å². The molecule has 0 aliphatic heterocycles. The maximum Gasteiger partial charge on any atom is 0.339 e. The van der Waals surface area contributed by atoms with Crippen molar-refractivity contribution in [2.45, 2.75) is 6.92 Å². The number of para-hydroxylation sites is 1. The molecule has 106 valence electrons. The lowest BCUT2D eigenvalue weighted by Gasteiger charge is -1.99. The van der Waals surface area contributed by atoms with Crippen LogP contribution >= 0.6 is 0 Å². The van der Waals surface area contributed by atoms with E-state index in [-0.39, 0.29) is 5.56 Å². The first-order valence-corrected chi connectivity index (χ1v) is 6.45. The van der Waals surface area contributed by atoms with E-state index in [1.807, 2.05) is 37.3 Å². The number of nitrogens with zero attached hydrogens (tertiary/aromatic N) is 4. The molecule has 3 aromatic rings. The van der Waals surface area contributed by atoms with Crippen LogP contribution in [0.25, 0.3) is 16.9 Å². The summed E-state index contributed by atoms with van der Waals surface area (Å²) in [6.45, 7) is 1.84. The smallest absolute Gasteiger partial charge is 0.339 e. The van der Waals surface area contributed by atoms with E-state index in [1.54, 1.807) is 22.6 Å². The van der Waals surface area contributed by atoms with Gasteiger partial charge in [0, 0.05) is 25.0 Å². The Morgan fingerprint density at radius 2 is 1.86 bits per heavy atom. The van der Waals surface area contributed by atoms with Gasteiger partial charge < -0.3 is 5.11 Å². The van der Waals surface area contributed by atoms with Gasteiger partial charge in [0.2, 0.25) is 0 Å². The van der Waals surface area contributed by atoms with Crippen LogP contribution in [0.15, 0.2) is 42.7 Å². The number of carbonyl (C=O) groups is 1. The fraction of sp³-hybridized carbons (Fsp3) is 0.133. The van der Waals surface area contributed by atoms with Gasteiger partial charge >= 0.3 is 5.97 Å². The Morgan fingerprint density at radius 3 is 2.43 bits per heavy atom. The second-order valence-electron chi connectivity index (χ2n) is 4.78. The SMILES string of the molecule is Cc1nn(C)cc1-c1nn(-c2ccccc2)cc1C(=O)O. The van der Waals surface area contributed by atoms with Crippen LogP contribution < -0.4 is 0 Å². The van der Waals surface area contributed by atoms with E-state index in [0.29, 0.717) is 5.69 Å². The van der Waals surface area contributed by atoms with Crippen LogP contribution in [0.5, 0.6) is 0 Å². The van der Waals surface area contributed by atoms with Gasteiger partial charge in [0.05, 0.1) is 11.4 Å². The predicted octanol–water partition coefficient (Wildman–Crippen LogP) is 2.28. The van der Waals surface area contributed by atoms with E-state index in [9.17, 15) is 9.90 Å². The molecule has 6 heteroatoms. The molecule has 0 aliphatic carbocycles. The average molecular weight is 282 g/mol. The molecular formula is C15H14N4O2. The normalized spacial score (nSPS) is 10.8. The molecule has 1 aromatic carbocycles. The zero-order valence-electron chi connectivity index (χ0n) is 11.7. The van der Waals surface area contributed by atoms with Crippen molar-refractivity contribution in [2.75, 3.05) is 0 Å². The lowest BCUT2D eigenvalue weighted by Crippen LogP contribution is -1.96. The van der Waals surface area contributed by atoms with Crippen LogP contribution in [0.2, 0.25) is 0 Å². The summed E-state index contributed by atoms with van der Waals surface area (Å²) in [6.07, 6.45) is 3.30. The number of carboxylic acids is 1. The van der Waals surface area contributed by atoms with Gasteiger partial charge in [-0.05, 0) is 19.1 Å². The molecule has 21 heavy (non-hydrogen) atoms. The first kappa shape index (κ1) is 13.1. The lowest BCUT2D eigenvalue weighted by atomic mass is 10.1. The maximum absolute atomic E-state index is 11.5. The number of carboxylic acid groups (broad SMARTS) is 1. The van der Waals surface area contributed by atoms with Gasteiger partial charge in [-0.2, -0.15) is 10.2 Å². The summed E-state index contributed by atoms with van der Waals surface area (Å²) < 4.78 is 3.23.